The predicted octanol–water partition coefficient (Wildman–Crippen LogP) is 0.398. The molecule has 116 valence electrons. The lowest BCUT2D eigenvalue weighted by Gasteiger charge is -2.21. The average Bonchev–Trinajstić information content (AvgIpc) is 3.19. The maximum atomic E-state index is 11.9. The van der Waals surface area contributed by atoms with Crippen molar-refractivity contribution in [3.05, 3.63) is 5.89 Å². The summed E-state index contributed by atoms with van der Waals surface area (Å²) in [5.41, 5.74) is 0. The lowest BCUT2D eigenvalue weighted by molar-refractivity contribution is -0.919. The fourth-order valence-corrected chi connectivity index (χ4v) is 3.26. The SMILES string of the molecule is C[C@H](Sc1nnc(C[NH+]2CCCCC2)o1)C(=O)NC1CC1. The number of hydrogen-bond acceptors (Lipinski definition) is 5. The number of quaternary nitrogens is 1. The van der Waals surface area contributed by atoms with Crippen LogP contribution in [-0.4, -0.2) is 40.5 Å². The van der Waals surface area contributed by atoms with Crippen molar-refractivity contribution in [1.82, 2.24) is 15.5 Å². The fraction of sp³-hybridized carbons (Fsp3) is 0.786. The van der Waals surface area contributed by atoms with Crippen LogP contribution in [0.1, 0.15) is 44.9 Å². The van der Waals surface area contributed by atoms with E-state index in [0.29, 0.717) is 17.2 Å². The van der Waals surface area contributed by atoms with E-state index in [9.17, 15) is 4.79 Å². The van der Waals surface area contributed by atoms with Gasteiger partial charge >= 0.3 is 0 Å². The number of nitrogens with zero attached hydrogens (tertiary/aromatic N) is 2. The Morgan fingerprint density at radius 2 is 2.14 bits per heavy atom. The first-order valence-corrected chi connectivity index (χ1v) is 8.71. The summed E-state index contributed by atoms with van der Waals surface area (Å²) in [4.78, 5) is 13.4. The molecule has 2 aliphatic rings. The summed E-state index contributed by atoms with van der Waals surface area (Å²) < 4.78 is 5.67. The Labute approximate surface area is 129 Å². The van der Waals surface area contributed by atoms with Gasteiger partial charge in [0.2, 0.25) is 5.91 Å². The fourth-order valence-electron chi connectivity index (χ4n) is 2.55. The molecule has 1 saturated carbocycles. The van der Waals surface area contributed by atoms with Gasteiger partial charge in [-0.05, 0) is 39.0 Å². The summed E-state index contributed by atoms with van der Waals surface area (Å²) in [5.74, 6) is 0.744. The summed E-state index contributed by atoms with van der Waals surface area (Å²) in [6.45, 7) is 5.05. The summed E-state index contributed by atoms with van der Waals surface area (Å²) >= 11 is 1.34. The first kappa shape index (κ1) is 14.8. The van der Waals surface area contributed by atoms with Crippen molar-refractivity contribution in [3.8, 4) is 0 Å². The van der Waals surface area contributed by atoms with Crippen LogP contribution in [0.4, 0.5) is 0 Å². The molecule has 1 aromatic rings. The Balaban J connectivity index is 1.48. The molecular formula is C14H23N4O2S+. The molecule has 1 aliphatic heterocycles. The summed E-state index contributed by atoms with van der Waals surface area (Å²) in [6.07, 6.45) is 6.11. The molecule has 2 N–H and O–H groups in total. The molecule has 7 heteroatoms. The number of rotatable bonds is 6. The van der Waals surface area contributed by atoms with E-state index in [-0.39, 0.29) is 11.2 Å². The van der Waals surface area contributed by atoms with E-state index >= 15 is 0 Å². The molecule has 1 saturated heterocycles. The highest BCUT2D eigenvalue weighted by atomic mass is 32.2. The van der Waals surface area contributed by atoms with Crippen LogP contribution in [0.3, 0.4) is 0 Å². The third kappa shape index (κ3) is 4.44. The van der Waals surface area contributed by atoms with Crippen LogP contribution in [0.25, 0.3) is 0 Å². The zero-order valence-corrected chi connectivity index (χ0v) is 13.2. The van der Waals surface area contributed by atoms with Crippen LogP contribution >= 0.6 is 11.8 Å². The van der Waals surface area contributed by atoms with E-state index in [4.69, 9.17) is 4.42 Å². The van der Waals surface area contributed by atoms with Crippen LogP contribution in [-0.2, 0) is 11.3 Å². The molecule has 21 heavy (non-hydrogen) atoms. The molecule has 6 nitrogen and oxygen atoms in total. The Morgan fingerprint density at radius 3 is 2.86 bits per heavy atom. The van der Waals surface area contributed by atoms with Crippen molar-refractivity contribution in [2.24, 2.45) is 0 Å². The lowest BCUT2D eigenvalue weighted by Crippen LogP contribution is -3.11. The van der Waals surface area contributed by atoms with Crippen molar-refractivity contribution < 1.29 is 14.1 Å². The van der Waals surface area contributed by atoms with Crippen LogP contribution < -0.4 is 10.2 Å². The Hall–Kier alpha value is -1.08. The van der Waals surface area contributed by atoms with Gasteiger partial charge in [-0.3, -0.25) is 4.79 Å². The van der Waals surface area contributed by atoms with Crippen LogP contribution in [0.15, 0.2) is 9.64 Å². The molecule has 1 amide bonds. The van der Waals surface area contributed by atoms with Crippen molar-refractivity contribution in [3.63, 3.8) is 0 Å². The normalized spacial score (nSPS) is 21.2. The minimum Gasteiger partial charge on any atom is -0.410 e. The molecule has 0 bridgehead atoms. The van der Waals surface area contributed by atoms with Gasteiger partial charge in [-0.25, -0.2) is 0 Å². The number of nitrogens with one attached hydrogen (secondary N) is 2. The number of amides is 1. The average molecular weight is 311 g/mol. The monoisotopic (exact) mass is 311 g/mol. The molecule has 3 rings (SSSR count). The lowest BCUT2D eigenvalue weighted by atomic mass is 10.1. The first-order chi connectivity index (χ1) is 10.2. The topological polar surface area (TPSA) is 72.5 Å². The highest BCUT2D eigenvalue weighted by molar-refractivity contribution is 8.00. The third-order valence-corrected chi connectivity index (χ3v) is 4.91. The number of piperidine rings is 1. The molecule has 0 aromatic carbocycles. The summed E-state index contributed by atoms with van der Waals surface area (Å²) in [7, 11) is 0. The number of likely N-dealkylation sites (tertiary alicyclic amines) is 1. The molecule has 2 fully saturated rings. The molecule has 1 aromatic heterocycles. The maximum Gasteiger partial charge on any atom is 0.277 e. The number of thioether (sulfide) groups is 1. The largest absolute Gasteiger partial charge is 0.410 e. The summed E-state index contributed by atoms with van der Waals surface area (Å²) in [6, 6.07) is 0.390. The predicted molar refractivity (Wildman–Crippen MR) is 79.0 cm³/mol. The van der Waals surface area contributed by atoms with Crippen LogP contribution in [0, 0.1) is 0 Å². The molecule has 1 atom stereocenters. The van der Waals surface area contributed by atoms with Gasteiger partial charge in [0, 0.05) is 6.04 Å². The van der Waals surface area contributed by atoms with E-state index < -0.39 is 0 Å². The van der Waals surface area contributed by atoms with E-state index in [1.807, 2.05) is 6.92 Å². The van der Waals surface area contributed by atoms with Gasteiger partial charge in [-0.15, -0.1) is 10.2 Å². The maximum absolute atomic E-state index is 11.9. The van der Waals surface area contributed by atoms with Crippen molar-refractivity contribution in [2.45, 2.75) is 62.1 Å². The molecule has 0 unspecified atom stereocenters. The van der Waals surface area contributed by atoms with E-state index in [0.717, 1.165) is 19.4 Å². The molecule has 2 heterocycles. The molecular weight excluding hydrogens is 288 g/mol. The van der Waals surface area contributed by atoms with Gasteiger partial charge in [0.25, 0.3) is 11.1 Å². The molecule has 0 spiro atoms. The number of hydrogen-bond donors (Lipinski definition) is 2. The van der Waals surface area contributed by atoms with E-state index in [1.54, 1.807) is 0 Å². The molecule has 0 radical (unpaired) electrons. The quantitative estimate of drug-likeness (QED) is 0.744. The third-order valence-electron chi connectivity index (χ3n) is 3.98. The Morgan fingerprint density at radius 1 is 1.38 bits per heavy atom. The van der Waals surface area contributed by atoms with Crippen molar-refractivity contribution in [1.29, 1.82) is 0 Å². The standard InChI is InChI=1S/C14H22N4O2S/c1-10(13(19)15-11-5-6-11)21-14-17-16-12(20-14)9-18-7-3-2-4-8-18/h10-11H,2-9H2,1H3,(H,15,19)/p+1/t10-/m0/s1. The Bertz CT molecular complexity index is 483. The Kier molecular flexibility index (Phi) is 4.80. The van der Waals surface area contributed by atoms with Gasteiger partial charge in [0.1, 0.15) is 0 Å². The summed E-state index contributed by atoms with van der Waals surface area (Å²) in [5, 5.41) is 11.5. The van der Waals surface area contributed by atoms with Crippen molar-refractivity contribution in [2.75, 3.05) is 13.1 Å². The second-order valence-corrected chi connectivity index (χ2v) is 7.28. The highest BCUT2D eigenvalue weighted by Gasteiger charge is 2.27. The van der Waals surface area contributed by atoms with Gasteiger partial charge in [0.05, 0.1) is 18.3 Å². The molecule has 1 aliphatic carbocycles. The minimum atomic E-state index is -0.193. The first-order valence-electron chi connectivity index (χ1n) is 7.83. The smallest absolute Gasteiger partial charge is 0.277 e. The highest BCUT2D eigenvalue weighted by Crippen LogP contribution is 2.24. The van der Waals surface area contributed by atoms with E-state index in [1.165, 1.54) is 49.0 Å². The van der Waals surface area contributed by atoms with Crippen molar-refractivity contribution >= 4 is 17.7 Å². The van der Waals surface area contributed by atoms with Gasteiger partial charge < -0.3 is 14.6 Å². The van der Waals surface area contributed by atoms with Gasteiger partial charge in [0.15, 0.2) is 6.54 Å². The van der Waals surface area contributed by atoms with Gasteiger partial charge in [-0.1, -0.05) is 11.8 Å². The minimum absolute atomic E-state index is 0.0592. The van der Waals surface area contributed by atoms with Gasteiger partial charge in [-0.2, -0.15) is 0 Å². The number of carbonyl (C=O) groups is 1. The van der Waals surface area contributed by atoms with Crippen LogP contribution in [0.2, 0.25) is 0 Å². The zero-order chi connectivity index (χ0) is 14.7. The second kappa shape index (κ2) is 6.79. The van der Waals surface area contributed by atoms with Crippen LogP contribution in [0.5, 0.6) is 0 Å². The second-order valence-electron chi connectivity index (χ2n) is 5.99. The number of carbonyl (C=O) groups excluding carboxylic acids is 1. The number of aromatic nitrogens is 2. The van der Waals surface area contributed by atoms with E-state index in [2.05, 4.69) is 15.5 Å². The zero-order valence-electron chi connectivity index (χ0n) is 12.4.